The van der Waals surface area contributed by atoms with E-state index < -0.39 is 0 Å². The first-order valence-corrected chi connectivity index (χ1v) is 12.2. The first-order chi connectivity index (χ1) is 16.3. The van der Waals surface area contributed by atoms with E-state index in [0.717, 1.165) is 29.5 Å². The Bertz CT molecular complexity index is 1510. The molecule has 10 heteroatoms. The molecular formula is C24H25N5O4S. The summed E-state index contributed by atoms with van der Waals surface area (Å²) in [6, 6.07) is 5.16. The summed E-state index contributed by atoms with van der Waals surface area (Å²) in [7, 11) is 0. The van der Waals surface area contributed by atoms with Gasteiger partial charge in [-0.05, 0) is 48.3 Å². The van der Waals surface area contributed by atoms with Crippen LogP contribution in [0.25, 0.3) is 15.9 Å². The van der Waals surface area contributed by atoms with Gasteiger partial charge < -0.3 is 14.8 Å². The van der Waals surface area contributed by atoms with E-state index in [2.05, 4.69) is 36.2 Å². The van der Waals surface area contributed by atoms with Gasteiger partial charge in [0, 0.05) is 16.6 Å². The topological polar surface area (TPSA) is 99.8 Å². The van der Waals surface area contributed by atoms with Crippen LogP contribution < -0.4 is 20.5 Å². The van der Waals surface area contributed by atoms with E-state index in [-0.39, 0.29) is 30.3 Å². The van der Waals surface area contributed by atoms with Crippen LogP contribution in [0.4, 0.5) is 5.69 Å². The van der Waals surface area contributed by atoms with Gasteiger partial charge >= 0.3 is 5.69 Å². The number of aromatic nitrogens is 4. The van der Waals surface area contributed by atoms with E-state index in [1.807, 2.05) is 0 Å². The van der Waals surface area contributed by atoms with Crippen molar-refractivity contribution in [2.45, 2.75) is 46.6 Å². The number of ether oxygens (including phenoxy) is 2. The van der Waals surface area contributed by atoms with Gasteiger partial charge in [0.05, 0.1) is 5.39 Å². The fourth-order valence-corrected chi connectivity index (χ4v) is 6.11. The minimum absolute atomic E-state index is 0.162. The summed E-state index contributed by atoms with van der Waals surface area (Å²) in [5.74, 6) is 1.48. The van der Waals surface area contributed by atoms with Crippen LogP contribution in [-0.4, -0.2) is 31.9 Å². The van der Waals surface area contributed by atoms with Crippen molar-refractivity contribution in [1.82, 2.24) is 19.2 Å². The molecule has 2 aliphatic rings. The molecule has 1 aromatic carbocycles. The zero-order chi connectivity index (χ0) is 23.6. The van der Waals surface area contributed by atoms with Crippen molar-refractivity contribution in [3.63, 3.8) is 0 Å². The van der Waals surface area contributed by atoms with Crippen LogP contribution in [0.2, 0.25) is 0 Å². The second kappa shape index (κ2) is 7.56. The standard InChI is InChI=1S/C24H25N5O4S/c1-24(2,3)13-4-6-15-18(8-13)34-22-20(15)21-27-29(23(31)28(21)11-25-22)10-19(30)26-14-5-7-16-17(9-14)33-12-32-16/h5,7,9,11,13H,4,6,8,10,12H2,1-3H3,(H,26,30)/t13-/m1/s1. The number of rotatable bonds is 3. The normalized spacial score (nSPS) is 17.3. The average Bonchev–Trinajstić information content (AvgIpc) is 3.48. The number of aryl methyl sites for hydroxylation is 1. The molecule has 0 fully saturated rings. The SMILES string of the molecule is CC(C)(C)[C@@H]1CCc2c(sc3ncn4c(=O)n(CC(=O)Nc5ccc6c(c5)OCO6)nc4c23)C1. The maximum atomic E-state index is 13.0. The molecule has 1 amide bonds. The highest BCUT2D eigenvalue weighted by molar-refractivity contribution is 7.19. The first kappa shape index (κ1) is 21.2. The van der Waals surface area contributed by atoms with Gasteiger partial charge in [-0.1, -0.05) is 20.8 Å². The van der Waals surface area contributed by atoms with E-state index in [9.17, 15) is 9.59 Å². The van der Waals surface area contributed by atoms with E-state index in [1.54, 1.807) is 29.5 Å². The van der Waals surface area contributed by atoms with Gasteiger partial charge in [0.15, 0.2) is 17.1 Å². The lowest BCUT2D eigenvalue weighted by molar-refractivity contribution is -0.117. The Balaban J connectivity index is 1.31. The summed E-state index contributed by atoms with van der Waals surface area (Å²) in [4.78, 5) is 32.5. The minimum atomic E-state index is -0.381. The highest BCUT2D eigenvalue weighted by Gasteiger charge is 2.32. The number of carbonyl (C=O) groups excluding carboxylic acids is 1. The third kappa shape index (κ3) is 3.44. The number of nitrogens with zero attached hydrogens (tertiary/aromatic N) is 4. The highest BCUT2D eigenvalue weighted by Crippen LogP contribution is 2.43. The summed E-state index contributed by atoms with van der Waals surface area (Å²) in [5, 5.41) is 8.30. The van der Waals surface area contributed by atoms with E-state index >= 15 is 0 Å². The van der Waals surface area contributed by atoms with E-state index in [1.165, 1.54) is 25.9 Å². The maximum absolute atomic E-state index is 13.0. The fourth-order valence-electron chi connectivity index (χ4n) is 4.85. The van der Waals surface area contributed by atoms with Gasteiger partial charge in [0.2, 0.25) is 12.7 Å². The van der Waals surface area contributed by atoms with Crippen molar-refractivity contribution in [2.75, 3.05) is 12.1 Å². The molecule has 9 nitrogen and oxygen atoms in total. The number of hydrogen-bond acceptors (Lipinski definition) is 7. The van der Waals surface area contributed by atoms with Crippen LogP contribution in [0.5, 0.6) is 11.5 Å². The Hall–Kier alpha value is -3.40. The minimum Gasteiger partial charge on any atom is -0.454 e. The van der Waals surface area contributed by atoms with Crippen molar-refractivity contribution in [2.24, 2.45) is 11.3 Å². The van der Waals surface area contributed by atoms with Crippen LogP contribution in [-0.2, 0) is 24.2 Å². The number of fused-ring (bicyclic) bond motifs is 6. The Morgan fingerprint density at radius 1 is 1.26 bits per heavy atom. The van der Waals surface area contributed by atoms with Gasteiger partial charge in [-0.3, -0.25) is 4.79 Å². The predicted molar refractivity (Wildman–Crippen MR) is 129 cm³/mol. The summed E-state index contributed by atoms with van der Waals surface area (Å²) in [6.45, 7) is 6.84. The molecule has 1 atom stereocenters. The van der Waals surface area contributed by atoms with E-state index in [4.69, 9.17) is 9.47 Å². The summed E-state index contributed by atoms with van der Waals surface area (Å²) >= 11 is 1.70. The Kier molecular flexibility index (Phi) is 4.70. The number of hydrogen-bond donors (Lipinski definition) is 1. The van der Waals surface area contributed by atoms with Crippen molar-refractivity contribution in [3.8, 4) is 11.5 Å². The van der Waals surface area contributed by atoms with Gasteiger partial charge in [0.25, 0.3) is 0 Å². The maximum Gasteiger partial charge on any atom is 0.352 e. The van der Waals surface area contributed by atoms with Crippen molar-refractivity contribution in [3.05, 3.63) is 45.5 Å². The number of anilines is 1. The summed E-state index contributed by atoms with van der Waals surface area (Å²) in [6.07, 6.45) is 4.59. The van der Waals surface area contributed by atoms with Crippen LogP contribution >= 0.6 is 11.3 Å². The van der Waals surface area contributed by atoms with Crippen molar-refractivity contribution in [1.29, 1.82) is 0 Å². The van der Waals surface area contributed by atoms with Gasteiger partial charge in [-0.2, -0.15) is 0 Å². The number of carbonyl (C=O) groups is 1. The smallest absolute Gasteiger partial charge is 0.352 e. The molecule has 0 bridgehead atoms. The van der Waals surface area contributed by atoms with Gasteiger partial charge in [0.1, 0.15) is 17.7 Å². The molecule has 4 heterocycles. The quantitative estimate of drug-likeness (QED) is 0.482. The van der Waals surface area contributed by atoms with E-state index in [0.29, 0.717) is 28.8 Å². The molecule has 1 aliphatic carbocycles. The molecule has 176 valence electrons. The molecule has 34 heavy (non-hydrogen) atoms. The van der Waals surface area contributed by atoms with Crippen LogP contribution in [0.1, 0.15) is 37.6 Å². The molecule has 3 aromatic heterocycles. The van der Waals surface area contributed by atoms with Crippen molar-refractivity contribution < 1.29 is 14.3 Å². The molecule has 0 radical (unpaired) electrons. The Morgan fingerprint density at radius 3 is 2.91 bits per heavy atom. The zero-order valence-electron chi connectivity index (χ0n) is 19.3. The number of nitrogens with one attached hydrogen (secondary N) is 1. The lowest BCUT2D eigenvalue weighted by Crippen LogP contribution is -2.28. The van der Waals surface area contributed by atoms with Crippen molar-refractivity contribution >= 4 is 38.8 Å². The van der Waals surface area contributed by atoms with Gasteiger partial charge in [-0.25, -0.2) is 18.9 Å². The highest BCUT2D eigenvalue weighted by atomic mass is 32.1. The predicted octanol–water partition coefficient (Wildman–Crippen LogP) is 3.62. The van der Waals surface area contributed by atoms with Gasteiger partial charge in [-0.15, -0.1) is 16.4 Å². The monoisotopic (exact) mass is 479 g/mol. The van der Waals surface area contributed by atoms with Crippen LogP contribution in [0.15, 0.2) is 29.3 Å². The molecule has 1 N–H and O–H groups in total. The Labute approximate surface area is 199 Å². The molecule has 1 aliphatic heterocycles. The second-order valence-electron chi connectivity index (χ2n) is 9.98. The average molecular weight is 480 g/mol. The lowest BCUT2D eigenvalue weighted by Gasteiger charge is -2.33. The number of thiophene rings is 1. The molecule has 0 saturated carbocycles. The zero-order valence-corrected chi connectivity index (χ0v) is 20.1. The lowest BCUT2D eigenvalue weighted by atomic mass is 9.72. The fraction of sp³-hybridized carbons (Fsp3) is 0.417. The summed E-state index contributed by atoms with van der Waals surface area (Å²) < 4.78 is 13.3. The molecule has 6 rings (SSSR count). The third-order valence-electron chi connectivity index (χ3n) is 6.81. The van der Waals surface area contributed by atoms with Crippen LogP contribution in [0.3, 0.4) is 0 Å². The molecule has 0 saturated heterocycles. The molecule has 4 aromatic rings. The summed E-state index contributed by atoms with van der Waals surface area (Å²) in [5.41, 5.74) is 2.25. The number of amides is 1. The Morgan fingerprint density at radius 2 is 2.09 bits per heavy atom. The largest absolute Gasteiger partial charge is 0.454 e. The molecule has 0 spiro atoms. The second-order valence-corrected chi connectivity index (χ2v) is 11.1. The van der Waals surface area contributed by atoms with Crippen LogP contribution in [0, 0.1) is 11.3 Å². The number of benzene rings is 1. The molecule has 0 unspecified atom stereocenters. The molecular weight excluding hydrogens is 454 g/mol. The third-order valence-corrected chi connectivity index (χ3v) is 7.97. The first-order valence-electron chi connectivity index (χ1n) is 11.4.